The second-order valence-corrected chi connectivity index (χ2v) is 8.27. The molecule has 29 heavy (non-hydrogen) atoms. The molecule has 1 saturated heterocycles. The molecule has 0 bridgehead atoms. The number of H-pyrrole nitrogens is 1. The summed E-state index contributed by atoms with van der Waals surface area (Å²) in [5.74, 6) is -2.32. The maximum Gasteiger partial charge on any atom is 0.496 e. The molecule has 8 heteroatoms. The van der Waals surface area contributed by atoms with Crippen molar-refractivity contribution in [3.05, 3.63) is 59.4 Å². The van der Waals surface area contributed by atoms with Gasteiger partial charge in [0, 0.05) is 35.2 Å². The summed E-state index contributed by atoms with van der Waals surface area (Å²) in [7, 11) is -0.615. The highest BCUT2D eigenvalue weighted by molar-refractivity contribution is 6.62. The van der Waals surface area contributed by atoms with Crippen molar-refractivity contribution in [2.75, 3.05) is 0 Å². The number of pyridine rings is 1. The molecule has 3 aromatic rings. The molecule has 1 aliphatic rings. The number of halogens is 2. The van der Waals surface area contributed by atoms with E-state index in [1.807, 2.05) is 27.7 Å². The van der Waals surface area contributed by atoms with E-state index in [0.29, 0.717) is 22.1 Å². The van der Waals surface area contributed by atoms with E-state index in [4.69, 9.17) is 9.31 Å². The molecule has 4 rings (SSSR count). The number of nitrogens with one attached hydrogen (secondary N) is 1. The molecule has 0 saturated carbocycles. The lowest BCUT2D eigenvalue weighted by Gasteiger charge is -2.32. The van der Waals surface area contributed by atoms with Gasteiger partial charge in [-0.3, -0.25) is 4.79 Å². The third kappa shape index (κ3) is 3.36. The normalized spacial score (nSPS) is 17.8. The molecular formula is C21H21BF2N2O3. The first-order valence-corrected chi connectivity index (χ1v) is 9.38. The zero-order valence-corrected chi connectivity index (χ0v) is 16.7. The highest BCUT2D eigenvalue weighted by atomic mass is 19.2. The quantitative estimate of drug-likeness (QED) is 0.539. The maximum absolute atomic E-state index is 14.0. The van der Waals surface area contributed by atoms with E-state index in [2.05, 4.69) is 9.97 Å². The molecule has 0 unspecified atom stereocenters. The first kappa shape index (κ1) is 19.7. The van der Waals surface area contributed by atoms with Gasteiger partial charge in [-0.05, 0) is 45.4 Å². The Balaban J connectivity index is 1.66. The Morgan fingerprint density at radius 3 is 2.55 bits per heavy atom. The van der Waals surface area contributed by atoms with Crippen LogP contribution in [0.4, 0.5) is 8.78 Å². The van der Waals surface area contributed by atoms with Crippen LogP contribution in [-0.4, -0.2) is 34.1 Å². The molecule has 1 N–H and O–H groups in total. The van der Waals surface area contributed by atoms with E-state index in [9.17, 15) is 13.6 Å². The average molecular weight is 398 g/mol. The number of fused-ring (bicyclic) bond motifs is 1. The van der Waals surface area contributed by atoms with Crippen LogP contribution < -0.4 is 5.46 Å². The van der Waals surface area contributed by atoms with Gasteiger partial charge in [0.15, 0.2) is 17.4 Å². The minimum atomic E-state index is -1.00. The molecule has 3 heterocycles. The van der Waals surface area contributed by atoms with Gasteiger partial charge in [0.05, 0.1) is 11.2 Å². The van der Waals surface area contributed by atoms with Gasteiger partial charge in [0.25, 0.3) is 0 Å². The smallest absolute Gasteiger partial charge is 0.399 e. The largest absolute Gasteiger partial charge is 0.496 e. The number of aromatic nitrogens is 2. The molecule has 0 spiro atoms. The number of rotatable bonds is 4. The predicted molar refractivity (Wildman–Crippen MR) is 106 cm³/mol. The average Bonchev–Trinajstić information content (AvgIpc) is 3.16. The van der Waals surface area contributed by atoms with Gasteiger partial charge in [-0.1, -0.05) is 12.1 Å². The summed E-state index contributed by atoms with van der Waals surface area (Å²) in [4.78, 5) is 20.1. The minimum absolute atomic E-state index is 0.0134. The van der Waals surface area contributed by atoms with Crippen LogP contribution in [0.2, 0.25) is 0 Å². The summed E-state index contributed by atoms with van der Waals surface area (Å²) in [6, 6.07) is 5.60. The summed E-state index contributed by atoms with van der Waals surface area (Å²) in [6.45, 7) is 7.82. The highest BCUT2D eigenvalue weighted by Gasteiger charge is 2.51. The highest BCUT2D eigenvalue weighted by Crippen LogP contribution is 2.36. The zero-order valence-electron chi connectivity index (χ0n) is 16.7. The second-order valence-electron chi connectivity index (χ2n) is 8.27. The Morgan fingerprint density at radius 2 is 1.86 bits per heavy atom. The number of benzene rings is 1. The number of carbonyl (C=O) groups is 1. The molecule has 0 amide bonds. The standard InChI is InChI=1S/C21H21BF2N2O3/c1-20(2)21(3,4)29-22(28-20)13-9-14-15(11-26-19(14)25-10-13)17(27)8-12-6-5-7-16(23)18(12)24/h5-7,9-11H,8H2,1-4H3,(H,25,26). The van der Waals surface area contributed by atoms with Crippen molar-refractivity contribution in [2.24, 2.45) is 0 Å². The van der Waals surface area contributed by atoms with Crippen LogP contribution in [0.5, 0.6) is 0 Å². The molecule has 0 aliphatic carbocycles. The Hall–Kier alpha value is -2.58. The maximum atomic E-state index is 14.0. The van der Waals surface area contributed by atoms with Gasteiger partial charge >= 0.3 is 7.12 Å². The summed E-state index contributed by atoms with van der Waals surface area (Å²) in [5.41, 5.74) is 0.570. The molecular weight excluding hydrogens is 377 g/mol. The fourth-order valence-electron chi connectivity index (χ4n) is 3.31. The van der Waals surface area contributed by atoms with Crippen molar-refractivity contribution in [3.63, 3.8) is 0 Å². The van der Waals surface area contributed by atoms with Gasteiger partial charge in [0.2, 0.25) is 0 Å². The lowest BCUT2D eigenvalue weighted by atomic mass is 9.79. The van der Waals surface area contributed by atoms with Crippen molar-refractivity contribution < 1.29 is 22.9 Å². The van der Waals surface area contributed by atoms with Crippen molar-refractivity contribution in [1.29, 1.82) is 0 Å². The number of hydrogen-bond acceptors (Lipinski definition) is 4. The minimum Gasteiger partial charge on any atom is -0.399 e. The Morgan fingerprint density at radius 1 is 1.17 bits per heavy atom. The van der Waals surface area contributed by atoms with Crippen molar-refractivity contribution in [1.82, 2.24) is 9.97 Å². The molecule has 150 valence electrons. The third-order valence-electron chi connectivity index (χ3n) is 5.76. The Labute approximate surface area is 167 Å². The number of aromatic amines is 1. The molecule has 1 aromatic carbocycles. The summed E-state index contributed by atoms with van der Waals surface area (Å²) >= 11 is 0. The van der Waals surface area contributed by atoms with E-state index >= 15 is 0 Å². The SMILES string of the molecule is CC1(C)OB(c2cnc3[nH]cc(C(=O)Cc4cccc(F)c4F)c3c2)OC1(C)C. The number of ketones is 1. The Bertz CT molecular complexity index is 1090. The van der Waals surface area contributed by atoms with Crippen molar-refractivity contribution in [2.45, 2.75) is 45.3 Å². The van der Waals surface area contributed by atoms with Gasteiger partial charge in [-0.25, -0.2) is 13.8 Å². The topological polar surface area (TPSA) is 64.2 Å². The van der Waals surface area contributed by atoms with Crippen LogP contribution in [-0.2, 0) is 15.7 Å². The van der Waals surface area contributed by atoms with Crippen LogP contribution in [0.25, 0.3) is 11.0 Å². The van der Waals surface area contributed by atoms with Gasteiger partial charge in [0.1, 0.15) is 5.65 Å². The van der Waals surface area contributed by atoms with E-state index in [-0.39, 0.29) is 17.8 Å². The van der Waals surface area contributed by atoms with Crippen molar-refractivity contribution >= 4 is 29.4 Å². The molecule has 0 radical (unpaired) electrons. The number of carbonyl (C=O) groups excluding carboxylic acids is 1. The number of nitrogens with zero attached hydrogens (tertiary/aromatic N) is 1. The fourth-order valence-corrected chi connectivity index (χ4v) is 3.31. The first-order valence-electron chi connectivity index (χ1n) is 9.38. The lowest BCUT2D eigenvalue weighted by molar-refractivity contribution is 0.00578. The predicted octanol–water partition coefficient (Wildman–Crippen LogP) is 3.57. The molecule has 1 fully saturated rings. The van der Waals surface area contributed by atoms with Gasteiger partial charge in [-0.15, -0.1) is 0 Å². The molecule has 0 atom stereocenters. The van der Waals surface area contributed by atoms with Crippen molar-refractivity contribution in [3.8, 4) is 0 Å². The first-order chi connectivity index (χ1) is 13.6. The summed E-state index contributed by atoms with van der Waals surface area (Å²) in [5, 5.41) is 0.582. The summed E-state index contributed by atoms with van der Waals surface area (Å²) in [6.07, 6.45) is 2.92. The van der Waals surface area contributed by atoms with E-state index in [1.54, 1.807) is 12.3 Å². The van der Waals surface area contributed by atoms with E-state index in [1.165, 1.54) is 18.3 Å². The second kappa shape index (κ2) is 6.74. The monoisotopic (exact) mass is 398 g/mol. The van der Waals surface area contributed by atoms with Crippen LogP contribution in [0, 0.1) is 11.6 Å². The number of Topliss-reactive ketones (excluding diaryl/α,β-unsaturated/α-hetero) is 1. The summed E-state index contributed by atoms with van der Waals surface area (Å²) < 4.78 is 39.5. The number of hydrogen-bond donors (Lipinski definition) is 1. The third-order valence-corrected chi connectivity index (χ3v) is 5.76. The Kier molecular flexibility index (Phi) is 4.59. The molecule has 1 aliphatic heterocycles. The lowest BCUT2D eigenvalue weighted by Crippen LogP contribution is -2.41. The zero-order chi connectivity index (χ0) is 21.0. The fraction of sp³-hybridized carbons (Fsp3) is 0.333. The van der Waals surface area contributed by atoms with Crippen LogP contribution in [0.15, 0.2) is 36.7 Å². The van der Waals surface area contributed by atoms with E-state index < -0.39 is 30.0 Å². The molecule has 2 aromatic heterocycles. The van der Waals surface area contributed by atoms with Crippen LogP contribution >= 0.6 is 0 Å². The van der Waals surface area contributed by atoms with Gasteiger partial charge in [-0.2, -0.15) is 0 Å². The van der Waals surface area contributed by atoms with Gasteiger partial charge < -0.3 is 14.3 Å². The van der Waals surface area contributed by atoms with E-state index in [0.717, 1.165) is 6.07 Å². The van der Waals surface area contributed by atoms with Crippen LogP contribution in [0.3, 0.4) is 0 Å². The van der Waals surface area contributed by atoms with Crippen LogP contribution in [0.1, 0.15) is 43.6 Å². The molecule has 5 nitrogen and oxygen atoms in total.